The summed E-state index contributed by atoms with van der Waals surface area (Å²) >= 11 is 0. The van der Waals surface area contributed by atoms with Crippen LogP contribution in [-0.2, 0) is 4.74 Å². The van der Waals surface area contributed by atoms with Crippen molar-refractivity contribution in [1.82, 2.24) is 9.97 Å². The highest BCUT2D eigenvalue weighted by molar-refractivity contribution is 5.92. The van der Waals surface area contributed by atoms with E-state index in [1.54, 1.807) is 19.0 Å². The van der Waals surface area contributed by atoms with Crippen molar-refractivity contribution in [3.8, 4) is 5.75 Å². The van der Waals surface area contributed by atoms with E-state index in [9.17, 15) is 4.79 Å². The summed E-state index contributed by atoms with van der Waals surface area (Å²) in [5.74, 6) is -0.0770. The predicted octanol–water partition coefficient (Wildman–Crippen LogP) is -0.0800. The van der Waals surface area contributed by atoms with Gasteiger partial charge in [0.15, 0.2) is 17.3 Å². The fraction of sp³-hybridized carbons (Fsp3) is 0.444. The van der Waals surface area contributed by atoms with Crippen LogP contribution in [0.1, 0.15) is 10.5 Å². The molecule has 2 N–H and O–H groups in total. The van der Waals surface area contributed by atoms with Crippen molar-refractivity contribution in [2.45, 2.75) is 0 Å². The lowest BCUT2D eigenvalue weighted by atomic mass is 10.3. The number of esters is 1. The van der Waals surface area contributed by atoms with Gasteiger partial charge in [-0.25, -0.2) is 9.78 Å². The number of nitrogens with zero attached hydrogens (tertiary/aromatic N) is 3. The van der Waals surface area contributed by atoms with Gasteiger partial charge >= 0.3 is 5.97 Å². The monoisotopic (exact) mass is 226 g/mol. The number of nitrogen functional groups attached to an aromatic ring is 1. The summed E-state index contributed by atoms with van der Waals surface area (Å²) in [6, 6.07) is 0. The normalized spacial score (nSPS) is 9.75. The molecule has 0 spiro atoms. The number of nitrogens with two attached hydrogens (primary N) is 1. The number of aromatic nitrogens is 2. The lowest BCUT2D eigenvalue weighted by Crippen LogP contribution is -2.18. The van der Waals surface area contributed by atoms with Crippen LogP contribution in [-0.4, -0.2) is 44.3 Å². The van der Waals surface area contributed by atoms with Crippen molar-refractivity contribution in [2.24, 2.45) is 0 Å². The molecule has 0 amide bonds. The third-order valence-electron chi connectivity index (χ3n) is 1.86. The Hall–Kier alpha value is -2.05. The zero-order chi connectivity index (χ0) is 12.3. The molecule has 16 heavy (non-hydrogen) atoms. The number of carbonyl (C=O) groups excluding carboxylic acids is 1. The maximum atomic E-state index is 11.5. The summed E-state index contributed by atoms with van der Waals surface area (Å²) in [6.07, 6.45) is 0. The number of carbonyl (C=O) groups is 1. The third-order valence-corrected chi connectivity index (χ3v) is 1.86. The van der Waals surface area contributed by atoms with Crippen LogP contribution in [0.4, 0.5) is 11.8 Å². The van der Waals surface area contributed by atoms with E-state index in [2.05, 4.69) is 14.7 Å². The maximum absolute atomic E-state index is 11.5. The van der Waals surface area contributed by atoms with Crippen molar-refractivity contribution in [3.05, 3.63) is 5.69 Å². The quantitative estimate of drug-likeness (QED) is 0.721. The van der Waals surface area contributed by atoms with Gasteiger partial charge in [0.2, 0.25) is 5.95 Å². The second-order valence-corrected chi connectivity index (χ2v) is 3.18. The standard InChI is InChI=1S/C9H14N4O3/c1-13(2)9-11-5(8(14)16-4)6(15-3)7(10)12-9/h1-4H3,(H2,10,11,12). The molecule has 0 aliphatic rings. The van der Waals surface area contributed by atoms with Crippen LogP contribution >= 0.6 is 0 Å². The van der Waals surface area contributed by atoms with Gasteiger partial charge in [-0.2, -0.15) is 4.98 Å². The van der Waals surface area contributed by atoms with Gasteiger partial charge in [0.1, 0.15) is 0 Å². The van der Waals surface area contributed by atoms with E-state index in [0.717, 1.165) is 0 Å². The maximum Gasteiger partial charge on any atom is 0.360 e. The second kappa shape index (κ2) is 4.65. The van der Waals surface area contributed by atoms with E-state index in [1.165, 1.54) is 14.2 Å². The molecule has 0 aliphatic heterocycles. The molecule has 88 valence electrons. The van der Waals surface area contributed by atoms with Crippen molar-refractivity contribution < 1.29 is 14.3 Å². The minimum absolute atomic E-state index is 0.0150. The van der Waals surface area contributed by atoms with Gasteiger partial charge in [-0.3, -0.25) is 0 Å². The highest BCUT2D eigenvalue weighted by Crippen LogP contribution is 2.25. The van der Waals surface area contributed by atoms with Crippen LogP contribution in [0.15, 0.2) is 0 Å². The van der Waals surface area contributed by atoms with Gasteiger partial charge < -0.3 is 20.1 Å². The van der Waals surface area contributed by atoms with Gasteiger partial charge in [-0.05, 0) is 0 Å². The van der Waals surface area contributed by atoms with E-state index in [0.29, 0.717) is 5.95 Å². The zero-order valence-corrected chi connectivity index (χ0v) is 9.64. The molecule has 0 fully saturated rings. The van der Waals surface area contributed by atoms with Crippen molar-refractivity contribution in [3.63, 3.8) is 0 Å². The number of hydrogen-bond donors (Lipinski definition) is 1. The van der Waals surface area contributed by atoms with Crippen molar-refractivity contribution in [2.75, 3.05) is 38.9 Å². The molecule has 0 atom stereocenters. The Bertz CT molecular complexity index is 406. The molecule has 0 aliphatic carbocycles. The minimum atomic E-state index is -0.617. The molecular formula is C9H14N4O3. The van der Waals surface area contributed by atoms with E-state index < -0.39 is 5.97 Å². The van der Waals surface area contributed by atoms with Gasteiger partial charge in [-0.15, -0.1) is 0 Å². The van der Waals surface area contributed by atoms with Crippen LogP contribution < -0.4 is 15.4 Å². The lowest BCUT2D eigenvalue weighted by Gasteiger charge is -2.14. The van der Waals surface area contributed by atoms with E-state index in [4.69, 9.17) is 10.5 Å². The topological polar surface area (TPSA) is 90.6 Å². The molecule has 1 rings (SSSR count). The smallest absolute Gasteiger partial charge is 0.360 e. The van der Waals surface area contributed by atoms with E-state index in [-0.39, 0.29) is 17.3 Å². The first-order valence-corrected chi connectivity index (χ1v) is 4.48. The van der Waals surface area contributed by atoms with E-state index in [1.807, 2.05) is 0 Å². The number of rotatable bonds is 3. The van der Waals surface area contributed by atoms with Gasteiger partial charge in [0, 0.05) is 14.1 Å². The Morgan fingerprint density at radius 1 is 1.31 bits per heavy atom. The summed E-state index contributed by atoms with van der Waals surface area (Å²) in [5.41, 5.74) is 5.67. The minimum Gasteiger partial charge on any atom is -0.491 e. The molecular weight excluding hydrogens is 212 g/mol. The van der Waals surface area contributed by atoms with E-state index >= 15 is 0 Å². The van der Waals surface area contributed by atoms with Gasteiger partial charge in [0.05, 0.1) is 14.2 Å². The first-order valence-electron chi connectivity index (χ1n) is 4.48. The first kappa shape index (κ1) is 12.0. The average Bonchev–Trinajstić information content (AvgIpc) is 2.26. The molecule has 0 radical (unpaired) electrons. The SMILES string of the molecule is COC(=O)c1nc(N(C)C)nc(N)c1OC. The molecule has 7 heteroatoms. The molecule has 7 nitrogen and oxygen atoms in total. The molecule has 1 heterocycles. The Balaban J connectivity index is 3.36. The van der Waals surface area contributed by atoms with Crippen LogP contribution in [0.3, 0.4) is 0 Å². The second-order valence-electron chi connectivity index (χ2n) is 3.18. The number of hydrogen-bond acceptors (Lipinski definition) is 7. The summed E-state index contributed by atoms with van der Waals surface area (Å²) in [5, 5.41) is 0. The number of methoxy groups -OCH3 is 2. The van der Waals surface area contributed by atoms with Gasteiger partial charge in [-0.1, -0.05) is 0 Å². The molecule has 0 saturated carbocycles. The van der Waals surface area contributed by atoms with Crippen LogP contribution in [0, 0.1) is 0 Å². The first-order chi connectivity index (χ1) is 7.51. The molecule has 0 saturated heterocycles. The molecule has 0 bridgehead atoms. The van der Waals surface area contributed by atoms with Crippen LogP contribution in [0.25, 0.3) is 0 Å². The Labute approximate surface area is 93.2 Å². The molecule has 1 aromatic rings. The highest BCUT2D eigenvalue weighted by Gasteiger charge is 2.20. The summed E-state index contributed by atoms with van der Waals surface area (Å²) < 4.78 is 9.55. The van der Waals surface area contributed by atoms with Crippen LogP contribution in [0.5, 0.6) is 5.75 Å². The predicted molar refractivity (Wildman–Crippen MR) is 58.7 cm³/mol. The Morgan fingerprint density at radius 3 is 2.38 bits per heavy atom. The number of anilines is 2. The summed E-state index contributed by atoms with van der Waals surface area (Å²) in [4.78, 5) is 21.1. The average molecular weight is 226 g/mol. The molecule has 0 unspecified atom stereocenters. The zero-order valence-electron chi connectivity index (χ0n) is 9.64. The summed E-state index contributed by atoms with van der Waals surface area (Å²) in [6.45, 7) is 0. The van der Waals surface area contributed by atoms with Crippen LogP contribution in [0.2, 0.25) is 0 Å². The van der Waals surface area contributed by atoms with Crippen molar-refractivity contribution in [1.29, 1.82) is 0 Å². The van der Waals surface area contributed by atoms with Crippen molar-refractivity contribution >= 4 is 17.7 Å². The Kier molecular flexibility index (Phi) is 3.49. The number of ether oxygens (including phenoxy) is 2. The molecule has 1 aromatic heterocycles. The highest BCUT2D eigenvalue weighted by atomic mass is 16.5. The fourth-order valence-electron chi connectivity index (χ4n) is 1.09. The Morgan fingerprint density at radius 2 is 1.94 bits per heavy atom. The largest absolute Gasteiger partial charge is 0.491 e. The van der Waals surface area contributed by atoms with Gasteiger partial charge in [0.25, 0.3) is 0 Å². The molecule has 0 aromatic carbocycles. The summed E-state index contributed by atoms with van der Waals surface area (Å²) in [7, 11) is 6.12. The fourth-order valence-corrected chi connectivity index (χ4v) is 1.09. The third kappa shape index (κ3) is 2.13. The lowest BCUT2D eigenvalue weighted by molar-refractivity contribution is 0.0590.